The summed E-state index contributed by atoms with van der Waals surface area (Å²) in [7, 11) is 0. The highest BCUT2D eigenvalue weighted by molar-refractivity contribution is 5.27. The molecule has 1 heterocycles. The van der Waals surface area contributed by atoms with Gasteiger partial charge in [-0.2, -0.15) is 0 Å². The highest BCUT2D eigenvalue weighted by atomic mass is 15.0. The third-order valence-corrected chi connectivity index (χ3v) is 6.18. The van der Waals surface area contributed by atoms with Crippen LogP contribution in [0.25, 0.3) is 0 Å². The number of nitrogens with one attached hydrogen (secondary N) is 2. The van der Waals surface area contributed by atoms with Crippen molar-refractivity contribution in [2.45, 2.75) is 62.9 Å². The Labute approximate surface area is 128 Å². The summed E-state index contributed by atoms with van der Waals surface area (Å²) >= 11 is 0. The Morgan fingerprint density at radius 3 is 2.38 bits per heavy atom. The third-order valence-electron chi connectivity index (χ3n) is 6.18. The molecule has 0 aromatic heterocycles. The zero-order valence-corrected chi connectivity index (χ0v) is 13.0. The minimum absolute atomic E-state index is 0.700. The highest BCUT2D eigenvalue weighted by Crippen LogP contribution is 2.45. The molecule has 114 valence electrons. The molecule has 1 saturated heterocycles. The minimum atomic E-state index is 0.700. The van der Waals surface area contributed by atoms with Gasteiger partial charge >= 0.3 is 0 Å². The van der Waals surface area contributed by atoms with E-state index in [1.165, 1.54) is 63.6 Å². The molecule has 4 rings (SSSR count). The fourth-order valence-corrected chi connectivity index (χ4v) is 4.60. The molecule has 3 fully saturated rings. The summed E-state index contributed by atoms with van der Waals surface area (Å²) in [5.41, 5.74) is 2.23. The van der Waals surface area contributed by atoms with Crippen LogP contribution in [0, 0.1) is 5.41 Å². The van der Waals surface area contributed by atoms with Crippen LogP contribution < -0.4 is 10.6 Å². The molecule has 1 spiro atoms. The van der Waals surface area contributed by atoms with Crippen LogP contribution in [-0.2, 0) is 0 Å². The Kier molecular flexibility index (Phi) is 3.76. The molecule has 1 aromatic carbocycles. The minimum Gasteiger partial charge on any atom is -0.317 e. The summed E-state index contributed by atoms with van der Waals surface area (Å²) in [5.74, 6) is 0.779. The maximum Gasteiger partial charge on any atom is 0.0145 e. The molecule has 2 atom stereocenters. The van der Waals surface area contributed by atoms with E-state index in [2.05, 4.69) is 41.0 Å². The normalized spacial score (nSPS) is 32.2. The number of rotatable bonds is 3. The van der Waals surface area contributed by atoms with E-state index in [9.17, 15) is 0 Å². The molecule has 2 saturated carbocycles. The zero-order chi connectivity index (χ0) is 14.1. The quantitative estimate of drug-likeness (QED) is 0.888. The molecule has 2 unspecified atom stereocenters. The Balaban J connectivity index is 1.27. The van der Waals surface area contributed by atoms with Crippen molar-refractivity contribution in [1.29, 1.82) is 0 Å². The molecule has 3 aliphatic rings. The van der Waals surface area contributed by atoms with E-state index in [4.69, 9.17) is 0 Å². The number of hydrogen-bond acceptors (Lipinski definition) is 2. The van der Waals surface area contributed by atoms with Crippen molar-refractivity contribution in [3.8, 4) is 0 Å². The van der Waals surface area contributed by atoms with Crippen LogP contribution in [0.1, 0.15) is 56.4 Å². The fraction of sp³-hybridized carbons (Fsp3) is 0.684. The molecule has 1 aromatic rings. The second kappa shape index (κ2) is 5.73. The lowest BCUT2D eigenvalue weighted by Gasteiger charge is -2.43. The van der Waals surface area contributed by atoms with E-state index in [0.717, 1.165) is 18.0 Å². The molecule has 0 bridgehead atoms. The lowest BCUT2D eigenvalue weighted by Crippen LogP contribution is -2.43. The first kappa shape index (κ1) is 13.8. The van der Waals surface area contributed by atoms with Gasteiger partial charge in [-0.3, -0.25) is 0 Å². The predicted octanol–water partition coefficient (Wildman–Crippen LogP) is 3.44. The van der Waals surface area contributed by atoms with E-state index >= 15 is 0 Å². The van der Waals surface area contributed by atoms with Gasteiger partial charge in [0.2, 0.25) is 0 Å². The average Bonchev–Trinajstić information content (AvgIpc) is 3.31. The van der Waals surface area contributed by atoms with Crippen LogP contribution in [0.15, 0.2) is 30.3 Å². The maximum atomic E-state index is 3.95. The predicted molar refractivity (Wildman–Crippen MR) is 87.5 cm³/mol. The average molecular weight is 284 g/mol. The first-order chi connectivity index (χ1) is 10.3. The van der Waals surface area contributed by atoms with Crippen LogP contribution >= 0.6 is 0 Å². The standard InChI is InChI=1S/C19H28N2/c1-2-4-15(5-3-1)17-14-18(17)21-16-6-8-19(9-7-16)10-12-20-13-11-19/h1-5,16-18,20-21H,6-14H2. The molecular weight excluding hydrogens is 256 g/mol. The van der Waals surface area contributed by atoms with Crippen molar-refractivity contribution in [1.82, 2.24) is 10.6 Å². The van der Waals surface area contributed by atoms with Crippen molar-refractivity contribution >= 4 is 0 Å². The third kappa shape index (κ3) is 3.02. The van der Waals surface area contributed by atoms with E-state index in [-0.39, 0.29) is 0 Å². The number of benzene rings is 1. The van der Waals surface area contributed by atoms with E-state index in [1.807, 2.05) is 0 Å². The molecule has 0 radical (unpaired) electrons. The molecule has 1 aliphatic heterocycles. The molecule has 2 aliphatic carbocycles. The molecule has 2 N–H and O–H groups in total. The van der Waals surface area contributed by atoms with Gasteiger partial charge in [0, 0.05) is 18.0 Å². The van der Waals surface area contributed by atoms with E-state index in [0.29, 0.717) is 5.41 Å². The Morgan fingerprint density at radius 2 is 1.67 bits per heavy atom. The van der Waals surface area contributed by atoms with Crippen LogP contribution in [0.3, 0.4) is 0 Å². The topological polar surface area (TPSA) is 24.1 Å². The summed E-state index contributed by atoms with van der Waals surface area (Å²) < 4.78 is 0. The highest BCUT2D eigenvalue weighted by Gasteiger charge is 2.41. The van der Waals surface area contributed by atoms with Crippen molar-refractivity contribution in [2.75, 3.05) is 13.1 Å². The fourth-order valence-electron chi connectivity index (χ4n) is 4.60. The number of hydrogen-bond donors (Lipinski definition) is 2. The summed E-state index contributed by atoms with van der Waals surface area (Å²) in [6, 6.07) is 12.6. The molecule has 21 heavy (non-hydrogen) atoms. The Bertz CT molecular complexity index is 454. The SMILES string of the molecule is c1ccc(C2CC2NC2CCC3(CCNCC3)CC2)cc1. The van der Waals surface area contributed by atoms with Gasteiger partial charge in [0.1, 0.15) is 0 Å². The second-order valence-corrected chi connectivity index (χ2v) is 7.55. The van der Waals surface area contributed by atoms with Crippen molar-refractivity contribution < 1.29 is 0 Å². The van der Waals surface area contributed by atoms with Gasteiger partial charge < -0.3 is 10.6 Å². The molecule has 2 nitrogen and oxygen atoms in total. The van der Waals surface area contributed by atoms with Crippen LogP contribution in [0.5, 0.6) is 0 Å². The van der Waals surface area contributed by atoms with Gasteiger partial charge in [-0.25, -0.2) is 0 Å². The van der Waals surface area contributed by atoms with E-state index in [1.54, 1.807) is 0 Å². The summed E-state index contributed by atoms with van der Waals surface area (Å²) in [6.45, 7) is 2.49. The molecule has 0 amide bonds. The van der Waals surface area contributed by atoms with E-state index < -0.39 is 0 Å². The smallest absolute Gasteiger partial charge is 0.0145 e. The van der Waals surface area contributed by atoms with Crippen LogP contribution in [0.4, 0.5) is 0 Å². The second-order valence-electron chi connectivity index (χ2n) is 7.55. The van der Waals surface area contributed by atoms with Gasteiger partial charge in [0.05, 0.1) is 0 Å². The van der Waals surface area contributed by atoms with Gasteiger partial charge in [-0.05, 0) is 69.0 Å². The summed E-state index contributed by atoms with van der Waals surface area (Å²) in [5, 5.41) is 7.47. The van der Waals surface area contributed by atoms with Gasteiger partial charge in [0.25, 0.3) is 0 Å². The van der Waals surface area contributed by atoms with Gasteiger partial charge in [-0.1, -0.05) is 30.3 Å². The van der Waals surface area contributed by atoms with Gasteiger partial charge in [-0.15, -0.1) is 0 Å². The van der Waals surface area contributed by atoms with Crippen LogP contribution in [0.2, 0.25) is 0 Å². The lowest BCUT2D eigenvalue weighted by atomic mass is 9.67. The Morgan fingerprint density at radius 1 is 0.952 bits per heavy atom. The number of piperidine rings is 1. The lowest BCUT2D eigenvalue weighted by molar-refractivity contribution is 0.115. The van der Waals surface area contributed by atoms with Crippen molar-refractivity contribution in [3.63, 3.8) is 0 Å². The molecule has 2 heteroatoms. The Hall–Kier alpha value is -0.860. The molecular formula is C19H28N2. The largest absolute Gasteiger partial charge is 0.317 e. The van der Waals surface area contributed by atoms with Crippen LogP contribution in [-0.4, -0.2) is 25.2 Å². The summed E-state index contributed by atoms with van der Waals surface area (Å²) in [4.78, 5) is 0. The first-order valence-electron chi connectivity index (χ1n) is 8.86. The van der Waals surface area contributed by atoms with Crippen molar-refractivity contribution in [3.05, 3.63) is 35.9 Å². The first-order valence-corrected chi connectivity index (χ1v) is 8.86. The monoisotopic (exact) mass is 284 g/mol. The van der Waals surface area contributed by atoms with Crippen molar-refractivity contribution in [2.24, 2.45) is 5.41 Å². The van der Waals surface area contributed by atoms with Gasteiger partial charge in [0.15, 0.2) is 0 Å². The summed E-state index contributed by atoms with van der Waals surface area (Å²) in [6.07, 6.45) is 9.88. The zero-order valence-electron chi connectivity index (χ0n) is 13.0. The maximum absolute atomic E-state index is 3.95.